The van der Waals surface area contributed by atoms with Crippen LogP contribution in [0, 0.1) is 13.8 Å². The zero-order chi connectivity index (χ0) is 14.8. The summed E-state index contributed by atoms with van der Waals surface area (Å²) < 4.78 is 26.9. The summed E-state index contributed by atoms with van der Waals surface area (Å²) in [5, 5.41) is 10.2. The molecule has 0 amide bonds. The van der Waals surface area contributed by atoms with E-state index in [0.29, 0.717) is 35.4 Å². The number of piperidine rings is 1. The van der Waals surface area contributed by atoms with Crippen LogP contribution in [0.2, 0.25) is 0 Å². The first-order valence-corrected chi connectivity index (χ1v) is 8.66. The highest BCUT2D eigenvalue weighted by Crippen LogP contribution is 2.24. The van der Waals surface area contributed by atoms with E-state index in [-0.39, 0.29) is 0 Å². The van der Waals surface area contributed by atoms with Crippen LogP contribution in [-0.4, -0.2) is 48.6 Å². The van der Waals surface area contributed by atoms with Crippen LogP contribution >= 0.6 is 0 Å². The van der Waals surface area contributed by atoms with E-state index in [0.717, 1.165) is 25.8 Å². The van der Waals surface area contributed by atoms with Crippen LogP contribution in [0.3, 0.4) is 0 Å². The lowest BCUT2D eigenvalue weighted by molar-refractivity contribution is 0.290. The molecule has 6 nitrogen and oxygen atoms in total. The van der Waals surface area contributed by atoms with Crippen molar-refractivity contribution in [2.75, 3.05) is 19.6 Å². The predicted octanol–water partition coefficient (Wildman–Crippen LogP) is 1.18. The Morgan fingerprint density at radius 1 is 1.35 bits per heavy atom. The molecule has 2 heterocycles. The number of H-pyrrole nitrogens is 1. The van der Waals surface area contributed by atoms with Crippen molar-refractivity contribution >= 4 is 10.0 Å². The van der Waals surface area contributed by atoms with Crippen molar-refractivity contribution in [1.29, 1.82) is 0 Å². The zero-order valence-electron chi connectivity index (χ0n) is 12.4. The monoisotopic (exact) mass is 300 g/mol. The van der Waals surface area contributed by atoms with Crippen LogP contribution < -0.4 is 5.32 Å². The lowest BCUT2D eigenvalue weighted by atomic mass is 10.1. The minimum Gasteiger partial charge on any atom is -0.314 e. The molecule has 0 saturated carbocycles. The molecule has 0 bridgehead atoms. The largest absolute Gasteiger partial charge is 0.314 e. The van der Waals surface area contributed by atoms with Gasteiger partial charge < -0.3 is 5.32 Å². The van der Waals surface area contributed by atoms with E-state index in [1.807, 2.05) is 0 Å². The average molecular weight is 300 g/mol. The second-order valence-electron chi connectivity index (χ2n) is 5.40. The number of sulfonamides is 1. The second kappa shape index (κ2) is 6.24. The molecule has 7 heteroatoms. The van der Waals surface area contributed by atoms with Crippen molar-refractivity contribution in [2.24, 2.45) is 0 Å². The van der Waals surface area contributed by atoms with Crippen molar-refractivity contribution in [2.45, 2.75) is 51.0 Å². The molecule has 0 aliphatic carbocycles. The number of rotatable bonds is 5. The third-order valence-corrected chi connectivity index (χ3v) is 5.96. The van der Waals surface area contributed by atoms with Crippen molar-refractivity contribution in [1.82, 2.24) is 19.8 Å². The number of aromatic amines is 1. The summed E-state index contributed by atoms with van der Waals surface area (Å²) in [4.78, 5) is 0.345. The summed E-state index contributed by atoms with van der Waals surface area (Å²) >= 11 is 0. The Hall–Kier alpha value is -0.920. The third-order valence-electron chi connectivity index (χ3n) is 3.80. The van der Waals surface area contributed by atoms with Gasteiger partial charge in [0.15, 0.2) is 0 Å². The van der Waals surface area contributed by atoms with Gasteiger partial charge in [-0.1, -0.05) is 6.92 Å². The molecule has 1 fully saturated rings. The smallest absolute Gasteiger partial charge is 0.246 e. The molecule has 0 unspecified atom stereocenters. The average Bonchev–Trinajstić information content (AvgIpc) is 2.77. The highest BCUT2D eigenvalue weighted by Gasteiger charge is 2.32. The van der Waals surface area contributed by atoms with Gasteiger partial charge in [-0.3, -0.25) is 5.10 Å². The normalized spacial score (nSPS) is 18.6. The van der Waals surface area contributed by atoms with Gasteiger partial charge in [0.2, 0.25) is 10.0 Å². The summed E-state index contributed by atoms with van der Waals surface area (Å²) in [6.45, 7) is 7.77. The van der Waals surface area contributed by atoms with Gasteiger partial charge in [0.25, 0.3) is 0 Å². The maximum absolute atomic E-state index is 12.7. The van der Waals surface area contributed by atoms with Crippen LogP contribution in [0.5, 0.6) is 0 Å². The van der Waals surface area contributed by atoms with Gasteiger partial charge in [0, 0.05) is 19.1 Å². The summed E-state index contributed by atoms with van der Waals surface area (Å²) in [5.41, 5.74) is 1.17. The van der Waals surface area contributed by atoms with E-state index in [2.05, 4.69) is 22.4 Å². The molecule has 0 radical (unpaired) electrons. The SMILES string of the molecule is CCCNC1CCN(S(=O)(=O)c2c(C)n[nH]c2C)CC1. The molecule has 1 aromatic heterocycles. The lowest BCUT2D eigenvalue weighted by Crippen LogP contribution is -2.45. The fourth-order valence-corrected chi connectivity index (χ4v) is 4.50. The molecule has 1 aliphatic heterocycles. The second-order valence-corrected chi connectivity index (χ2v) is 7.27. The fourth-order valence-electron chi connectivity index (χ4n) is 2.70. The predicted molar refractivity (Wildman–Crippen MR) is 78.1 cm³/mol. The Bertz CT molecular complexity index is 525. The molecule has 20 heavy (non-hydrogen) atoms. The van der Waals surface area contributed by atoms with Crippen molar-refractivity contribution in [3.8, 4) is 0 Å². The van der Waals surface area contributed by atoms with E-state index in [4.69, 9.17) is 0 Å². The Balaban J connectivity index is 2.06. The first kappa shape index (κ1) is 15.5. The van der Waals surface area contributed by atoms with Crippen molar-refractivity contribution < 1.29 is 8.42 Å². The van der Waals surface area contributed by atoms with Crippen LogP contribution in [0.1, 0.15) is 37.6 Å². The van der Waals surface area contributed by atoms with Gasteiger partial charge in [0.05, 0.1) is 11.4 Å². The molecule has 1 aromatic rings. The van der Waals surface area contributed by atoms with E-state index in [1.165, 1.54) is 0 Å². The number of aryl methyl sites for hydroxylation is 2. The fraction of sp³-hybridized carbons (Fsp3) is 0.769. The van der Waals surface area contributed by atoms with Crippen molar-refractivity contribution in [3.05, 3.63) is 11.4 Å². The maximum Gasteiger partial charge on any atom is 0.246 e. The van der Waals surface area contributed by atoms with Gasteiger partial charge in [0.1, 0.15) is 4.90 Å². The molecule has 2 N–H and O–H groups in total. The van der Waals surface area contributed by atoms with Crippen LogP contribution in [0.15, 0.2) is 4.90 Å². The molecule has 0 atom stereocenters. The first-order chi connectivity index (χ1) is 9.46. The highest BCUT2D eigenvalue weighted by molar-refractivity contribution is 7.89. The number of nitrogens with one attached hydrogen (secondary N) is 2. The van der Waals surface area contributed by atoms with E-state index >= 15 is 0 Å². The topological polar surface area (TPSA) is 78.1 Å². The van der Waals surface area contributed by atoms with Gasteiger partial charge in [-0.15, -0.1) is 0 Å². The zero-order valence-corrected chi connectivity index (χ0v) is 13.3. The summed E-state index contributed by atoms with van der Waals surface area (Å²) in [6.07, 6.45) is 2.84. The van der Waals surface area contributed by atoms with Crippen LogP contribution in [-0.2, 0) is 10.0 Å². The van der Waals surface area contributed by atoms with Crippen LogP contribution in [0.4, 0.5) is 0 Å². The third kappa shape index (κ3) is 3.05. The Kier molecular flexibility index (Phi) is 4.82. The Morgan fingerprint density at radius 2 is 2.00 bits per heavy atom. The molecule has 2 rings (SSSR count). The lowest BCUT2D eigenvalue weighted by Gasteiger charge is -2.31. The molecule has 114 valence electrons. The number of nitrogens with zero attached hydrogens (tertiary/aromatic N) is 2. The number of aromatic nitrogens is 2. The molecular weight excluding hydrogens is 276 g/mol. The van der Waals surface area contributed by atoms with Gasteiger partial charge in [-0.05, 0) is 39.7 Å². The Labute approximate surface area is 121 Å². The van der Waals surface area contributed by atoms with E-state index in [9.17, 15) is 8.42 Å². The number of hydrogen-bond acceptors (Lipinski definition) is 4. The quantitative estimate of drug-likeness (QED) is 0.856. The molecule has 0 aromatic carbocycles. The Morgan fingerprint density at radius 3 is 2.50 bits per heavy atom. The minimum atomic E-state index is -3.41. The van der Waals surface area contributed by atoms with E-state index < -0.39 is 10.0 Å². The summed E-state index contributed by atoms with van der Waals surface area (Å²) in [7, 11) is -3.41. The van der Waals surface area contributed by atoms with Gasteiger partial charge >= 0.3 is 0 Å². The molecule has 1 aliphatic rings. The highest BCUT2D eigenvalue weighted by atomic mass is 32.2. The number of hydrogen-bond donors (Lipinski definition) is 2. The van der Waals surface area contributed by atoms with Crippen LogP contribution in [0.25, 0.3) is 0 Å². The molecular formula is C13H24N4O2S. The van der Waals surface area contributed by atoms with Gasteiger partial charge in [-0.25, -0.2) is 8.42 Å². The van der Waals surface area contributed by atoms with E-state index in [1.54, 1.807) is 18.2 Å². The standard InChI is InChI=1S/C13H24N4O2S/c1-4-7-14-12-5-8-17(9-6-12)20(18,19)13-10(2)15-16-11(13)3/h12,14H,4-9H2,1-3H3,(H,15,16). The summed E-state index contributed by atoms with van der Waals surface area (Å²) in [5.74, 6) is 0. The molecule has 1 saturated heterocycles. The first-order valence-electron chi connectivity index (χ1n) is 7.22. The van der Waals surface area contributed by atoms with Crippen molar-refractivity contribution in [3.63, 3.8) is 0 Å². The maximum atomic E-state index is 12.7. The molecule has 0 spiro atoms. The minimum absolute atomic E-state index is 0.345. The van der Waals surface area contributed by atoms with Gasteiger partial charge in [-0.2, -0.15) is 9.40 Å². The summed E-state index contributed by atoms with van der Waals surface area (Å²) in [6, 6.07) is 0.438.